The van der Waals surface area contributed by atoms with E-state index in [0.717, 1.165) is 16.9 Å². The maximum atomic E-state index is 12.0. The van der Waals surface area contributed by atoms with Crippen molar-refractivity contribution in [2.45, 2.75) is 19.9 Å². The molecule has 138 valence electrons. The molecule has 6 heteroatoms. The van der Waals surface area contributed by atoms with Gasteiger partial charge in [-0.05, 0) is 23.8 Å². The van der Waals surface area contributed by atoms with Gasteiger partial charge in [-0.15, -0.1) is 0 Å². The molecule has 2 aromatic rings. The van der Waals surface area contributed by atoms with Gasteiger partial charge in [-0.1, -0.05) is 41.9 Å². The van der Waals surface area contributed by atoms with E-state index >= 15 is 0 Å². The average Bonchev–Trinajstić information content (AvgIpc) is 2.63. The summed E-state index contributed by atoms with van der Waals surface area (Å²) < 4.78 is 5.33. The lowest BCUT2D eigenvalue weighted by Gasteiger charge is -2.22. The van der Waals surface area contributed by atoms with Gasteiger partial charge in [-0.3, -0.25) is 9.59 Å². The van der Waals surface area contributed by atoms with Gasteiger partial charge in [-0.25, -0.2) is 0 Å². The molecule has 0 aliphatic rings. The molecule has 0 saturated carbocycles. The Morgan fingerprint density at radius 2 is 1.81 bits per heavy atom. The van der Waals surface area contributed by atoms with Crippen LogP contribution in [0, 0.1) is 0 Å². The number of ether oxygens (including phenoxy) is 1. The summed E-state index contributed by atoms with van der Waals surface area (Å²) in [6, 6.07) is 14.7. The average molecular weight is 375 g/mol. The lowest BCUT2D eigenvalue weighted by atomic mass is 10.1. The van der Waals surface area contributed by atoms with Gasteiger partial charge in [-0.2, -0.15) is 0 Å². The van der Waals surface area contributed by atoms with Crippen molar-refractivity contribution in [3.05, 3.63) is 64.7 Å². The molecule has 26 heavy (non-hydrogen) atoms. The molecule has 2 rings (SSSR count). The van der Waals surface area contributed by atoms with Crippen molar-refractivity contribution in [1.29, 1.82) is 0 Å². The first-order chi connectivity index (χ1) is 12.5. The number of amides is 2. The Kier molecular flexibility index (Phi) is 7.48. The zero-order valence-electron chi connectivity index (χ0n) is 15.0. The molecule has 0 fully saturated rings. The van der Waals surface area contributed by atoms with Crippen LogP contribution >= 0.6 is 11.6 Å². The molecule has 0 aromatic heterocycles. The van der Waals surface area contributed by atoms with Gasteiger partial charge in [0.1, 0.15) is 5.75 Å². The molecule has 0 radical (unpaired) electrons. The molecule has 0 spiro atoms. The van der Waals surface area contributed by atoms with E-state index in [1.165, 1.54) is 6.92 Å². The summed E-state index contributed by atoms with van der Waals surface area (Å²) in [6.07, 6.45) is 0.281. The molecular formula is C20H23ClN2O3. The lowest BCUT2D eigenvalue weighted by Crippen LogP contribution is -2.37. The number of carbonyl (C=O) groups is 2. The lowest BCUT2D eigenvalue weighted by molar-refractivity contribution is -0.130. The number of para-hydroxylation sites is 1. The first-order valence-electron chi connectivity index (χ1n) is 8.38. The molecule has 2 amide bonds. The summed E-state index contributed by atoms with van der Waals surface area (Å²) in [7, 11) is 1.61. The van der Waals surface area contributed by atoms with Gasteiger partial charge < -0.3 is 15.0 Å². The van der Waals surface area contributed by atoms with Crippen LogP contribution < -0.4 is 10.1 Å². The first-order valence-corrected chi connectivity index (χ1v) is 8.76. The number of nitrogens with one attached hydrogen (secondary N) is 1. The van der Waals surface area contributed by atoms with Gasteiger partial charge in [0.15, 0.2) is 0 Å². The second kappa shape index (κ2) is 9.82. The van der Waals surface area contributed by atoms with Crippen LogP contribution in [0.3, 0.4) is 0 Å². The van der Waals surface area contributed by atoms with Crippen LogP contribution in [0.25, 0.3) is 0 Å². The Hall–Kier alpha value is -2.53. The van der Waals surface area contributed by atoms with Gasteiger partial charge in [0.05, 0.1) is 13.5 Å². The molecule has 0 aliphatic carbocycles. The Balaban J connectivity index is 1.85. The Labute approximate surface area is 158 Å². The normalized spacial score (nSPS) is 10.3. The topological polar surface area (TPSA) is 58.6 Å². The molecule has 0 bridgehead atoms. The number of nitrogens with zero attached hydrogens (tertiary/aromatic N) is 1. The third-order valence-corrected chi connectivity index (χ3v) is 4.23. The zero-order chi connectivity index (χ0) is 18.9. The van der Waals surface area contributed by atoms with Crippen LogP contribution in [0.5, 0.6) is 5.75 Å². The maximum absolute atomic E-state index is 12.0. The van der Waals surface area contributed by atoms with Crippen LogP contribution in [0.2, 0.25) is 5.02 Å². The van der Waals surface area contributed by atoms with E-state index in [9.17, 15) is 9.59 Å². The highest BCUT2D eigenvalue weighted by Crippen LogP contribution is 2.19. The summed E-state index contributed by atoms with van der Waals surface area (Å²) in [5.41, 5.74) is 1.82. The number of rotatable bonds is 8. The molecule has 5 nitrogen and oxygen atoms in total. The second-order valence-electron chi connectivity index (χ2n) is 5.91. The van der Waals surface area contributed by atoms with E-state index in [0.29, 0.717) is 24.7 Å². The smallest absolute Gasteiger partial charge is 0.224 e. The standard InChI is InChI=1S/C20H23ClN2O3/c1-15(24)23(14-17-5-3-4-6-19(17)26-2)12-11-22-20(25)13-16-7-9-18(21)10-8-16/h3-10H,11-14H2,1-2H3,(H,22,25). The van der Waals surface area contributed by atoms with Crippen LogP contribution in [0.4, 0.5) is 0 Å². The van der Waals surface area contributed by atoms with Crippen LogP contribution in [-0.2, 0) is 22.6 Å². The summed E-state index contributed by atoms with van der Waals surface area (Å²) in [6.45, 7) is 2.78. The van der Waals surface area contributed by atoms with E-state index < -0.39 is 0 Å². The summed E-state index contributed by atoms with van der Waals surface area (Å²) >= 11 is 5.84. The maximum Gasteiger partial charge on any atom is 0.224 e. The van der Waals surface area contributed by atoms with Crippen molar-refractivity contribution in [1.82, 2.24) is 10.2 Å². The minimum Gasteiger partial charge on any atom is -0.496 e. The third-order valence-electron chi connectivity index (χ3n) is 3.98. The monoisotopic (exact) mass is 374 g/mol. The van der Waals surface area contributed by atoms with Crippen molar-refractivity contribution in [3.63, 3.8) is 0 Å². The largest absolute Gasteiger partial charge is 0.496 e. The number of hydrogen-bond acceptors (Lipinski definition) is 3. The Morgan fingerprint density at radius 1 is 1.12 bits per heavy atom. The van der Waals surface area contributed by atoms with E-state index in [4.69, 9.17) is 16.3 Å². The summed E-state index contributed by atoms with van der Waals surface area (Å²) in [5, 5.41) is 3.49. The highest BCUT2D eigenvalue weighted by atomic mass is 35.5. The Morgan fingerprint density at radius 3 is 2.46 bits per heavy atom. The highest BCUT2D eigenvalue weighted by Gasteiger charge is 2.13. The fraction of sp³-hybridized carbons (Fsp3) is 0.300. The third kappa shape index (κ3) is 6.08. The Bertz CT molecular complexity index is 747. The predicted octanol–water partition coefficient (Wildman–Crippen LogP) is 3.06. The van der Waals surface area contributed by atoms with Crippen molar-refractivity contribution in [2.24, 2.45) is 0 Å². The van der Waals surface area contributed by atoms with E-state index in [-0.39, 0.29) is 18.2 Å². The molecule has 0 aliphatic heterocycles. The molecule has 0 unspecified atom stereocenters. The number of methoxy groups -OCH3 is 1. The predicted molar refractivity (Wildman–Crippen MR) is 102 cm³/mol. The van der Waals surface area contributed by atoms with E-state index in [1.807, 2.05) is 36.4 Å². The number of carbonyl (C=O) groups excluding carboxylic acids is 2. The number of hydrogen-bond donors (Lipinski definition) is 1. The van der Waals surface area contributed by atoms with E-state index in [1.54, 1.807) is 24.1 Å². The van der Waals surface area contributed by atoms with Crippen molar-refractivity contribution in [2.75, 3.05) is 20.2 Å². The SMILES string of the molecule is COc1ccccc1CN(CCNC(=O)Cc1ccc(Cl)cc1)C(C)=O. The molecule has 0 heterocycles. The molecular weight excluding hydrogens is 352 g/mol. The van der Waals surface area contributed by atoms with Crippen molar-refractivity contribution in [3.8, 4) is 5.75 Å². The van der Waals surface area contributed by atoms with Crippen LogP contribution in [-0.4, -0.2) is 36.9 Å². The van der Waals surface area contributed by atoms with Gasteiger partial charge in [0, 0.05) is 37.1 Å². The van der Waals surface area contributed by atoms with Crippen LogP contribution in [0.1, 0.15) is 18.1 Å². The number of benzene rings is 2. The van der Waals surface area contributed by atoms with Crippen LogP contribution in [0.15, 0.2) is 48.5 Å². The van der Waals surface area contributed by atoms with Crippen molar-refractivity contribution >= 4 is 23.4 Å². The molecule has 2 aromatic carbocycles. The van der Waals surface area contributed by atoms with Gasteiger partial charge >= 0.3 is 0 Å². The van der Waals surface area contributed by atoms with Gasteiger partial charge in [0.25, 0.3) is 0 Å². The minimum absolute atomic E-state index is 0.0529. The summed E-state index contributed by atoms with van der Waals surface area (Å²) in [4.78, 5) is 25.6. The van der Waals surface area contributed by atoms with Gasteiger partial charge in [0.2, 0.25) is 11.8 Å². The molecule has 0 atom stereocenters. The number of halogens is 1. The zero-order valence-corrected chi connectivity index (χ0v) is 15.8. The van der Waals surface area contributed by atoms with Crippen molar-refractivity contribution < 1.29 is 14.3 Å². The molecule has 0 saturated heterocycles. The quantitative estimate of drug-likeness (QED) is 0.772. The molecule has 1 N–H and O–H groups in total. The minimum atomic E-state index is -0.0897. The van der Waals surface area contributed by atoms with E-state index in [2.05, 4.69) is 5.32 Å². The summed E-state index contributed by atoms with van der Waals surface area (Å²) in [5.74, 6) is 0.599. The second-order valence-corrected chi connectivity index (χ2v) is 6.34. The fourth-order valence-electron chi connectivity index (χ4n) is 2.57. The fourth-order valence-corrected chi connectivity index (χ4v) is 2.69. The highest BCUT2D eigenvalue weighted by molar-refractivity contribution is 6.30. The first kappa shape index (κ1) is 19.8.